The number of carbonyl (C=O) groups excluding carboxylic acids is 1. The summed E-state index contributed by atoms with van der Waals surface area (Å²) < 4.78 is 19.4. The van der Waals surface area contributed by atoms with E-state index in [4.69, 9.17) is 4.74 Å². The van der Waals surface area contributed by atoms with Gasteiger partial charge in [-0.25, -0.2) is 14.2 Å². The highest BCUT2D eigenvalue weighted by Crippen LogP contribution is 2.09. The lowest BCUT2D eigenvalue weighted by molar-refractivity contribution is 0.0371. The van der Waals surface area contributed by atoms with Crippen LogP contribution in [0.5, 0.6) is 0 Å². The number of pyridine rings is 1. The van der Waals surface area contributed by atoms with Gasteiger partial charge in [-0.15, -0.1) is 0 Å². The number of imidazole rings is 1. The first-order valence-electron chi connectivity index (χ1n) is 4.91. The molecule has 0 bridgehead atoms. The summed E-state index contributed by atoms with van der Waals surface area (Å²) >= 11 is 0. The van der Waals surface area contributed by atoms with Gasteiger partial charge in [0.15, 0.2) is 5.69 Å². The molecule has 4 nitrogen and oxygen atoms in total. The second kappa shape index (κ2) is 3.92. The summed E-state index contributed by atoms with van der Waals surface area (Å²) in [5.74, 6) is -0.888. The van der Waals surface area contributed by atoms with Crippen molar-refractivity contribution in [1.82, 2.24) is 9.38 Å². The first-order chi connectivity index (χ1) is 7.56. The highest BCUT2D eigenvalue weighted by molar-refractivity contribution is 5.88. The van der Waals surface area contributed by atoms with Crippen molar-refractivity contribution in [2.45, 2.75) is 20.0 Å². The molecule has 0 aliphatic carbocycles. The Hall–Kier alpha value is -1.91. The minimum atomic E-state index is -0.501. The van der Waals surface area contributed by atoms with Crippen LogP contribution in [-0.2, 0) is 4.74 Å². The van der Waals surface area contributed by atoms with Crippen LogP contribution in [0.4, 0.5) is 4.39 Å². The molecule has 2 rings (SSSR count). The number of nitrogens with zero attached hydrogens (tertiary/aromatic N) is 2. The Balaban J connectivity index is 2.36. The van der Waals surface area contributed by atoms with E-state index in [0.717, 1.165) is 0 Å². The number of hydrogen-bond acceptors (Lipinski definition) is 3. The van der Waals surface area contributed by atoms with Crippen molar-refractivity contribution in [2.75, 3.05) is 0 Å². The zero-order chi connectivity index (χ0) is 11.7. The zero-order valence-corrected chi connectivity index (χ0v) is 8.98. The van der Waals surface area contributed by atoms with Crippen LogP contribution in [0.1, 0.15) is 24.3 Å². The number of carbonyl (C=O) groups is 1. The van der Waals surface area contributed by atoms with Crippen molar-refractivity contribution in [3.63, 3.8) is 0 Å². The Morgan fingerprint density at radius 1 is 1.56 bits per heavy atom. The summed E-state index contributed by atoms with van der Waals surface area (Å²) in [6, 6.07) is 2.55. The molecule has 16 heavy (non-hydrogen) atoms. The van der Waals surface area contributed by atoms with Crippen LogP contribution >= 0.6 is 0 Å². The molecule has 0 atom stereocenters. The normalized spacial score (nSPS) is 11.0. The highest BCUT2D eigenvalue weighted by atomic mass is 19.1. The summed E-state index contributed by atoms with van der Waals surface area (Å²) in [6.45, 7) is 3.51. The third kappa shape index (κ3) is 2.03. The molecule has 5 heteroatoms. The van der Waals surface area contributed by atoms with E-state index in [-0.39, 0.29) is 17.6 Å². The lowest BCUT2D eigenvalue weighted by Crippen LogP contribution is -2.11. The van der Waals surface area contributed by atoms with Gasteiger partial charge in [0.25, 0.3) is 0 Å². The van der Waals surface area contributed by atoms with Crippen molar-refractivity contribution >= 4 is 11.6 Å². The van der Waals surface area contributed by atoms with Crippen LogP contribution in [0.3, 0.4) is 0 Å². The molecule has 0 saturated carbocycles. The fourth-order valence-corrected chi connectivity index (χ4v) is 1.33. The topological polar surface area (TPSA) is 43.6 Å². The van der Waals surface area contributed by atoms with Crippen LogP contribution < -0.4 is 0 Å². The van der Waals surface area contributed by atoms with E-state index in [1.807, 2.05) is 0 Å². The van der Waals surface area contributed by atoms with Gasteiger partial charge in [0.05, 0.1) is 6.10 Å². The van der Waals surface area contributed by atoms with Gasteiger partial charge >= 0.3 is 5.97 Å². The minimum Gasteiger partial charge on any atom is -0.458 e. The minimum absolute atomic E-state index is 0.180. The maximum Gasteiger partial charge on any atom is 0.358 e. The van der Waals surface area contributed by atoms with Crippen molar-refractivity contribution in [3.8, 4) is 0 Å². The quantitative estimate of drug-likeness (QED) is 0.730. The predicted octanol–water partition coefficient (Wildman–Crippen LogP) is 2.04. The van der Waals surface area contributed by atoms with Gasteiger partial charge in [-0.05, 0) is 19.9 Å². The molecule has 2 aromatic rings. The fraction of sp³-hybridized carbons (Fsp3) is 0.273. The van der Waals surface area contributed by atoms with Crippen LogP contribution in [0.2, 0.25) is 0 Å². The van der Waals surface area contributed by atoms with Crippen LogP contribution in [0.15, 0.2) is 24.5 Å². The Morgan fingerprint density at radius 3 is 3.00 bits per heavy atom. The fourth-order valence-electron chi connectivity index (χ4n) is 1.33. The molecular weight excluding hydrogens is 211 g/mol. The van der Waals surface area contributed by atoms with Crippen LogP contribution in [0, 0.1) is 5.82 Å². The van der Waals surface area contributed by atoms with Crippen molar-refractivity contribution in [2.24, 2.45) is 0 Å². The van der Waals surface area contributed by atoms with Gasteiger partial charge in [-0.2, -0.15) is 0 Å². The van der Waals surface area contributed by atoms with E-state index in [2.05, 4.69) is 4.98 Å². The molecule has 0 aliphatic heterocycles. The standard InChI is InChI=1S/C11H11FN2O2/c1-7(2)16-11(15)9-6-14-4-3-8(12)5-10(14)13-9/h3-7H,1-2H3. The number of hydrogen-bond donors (Lipinski definition) is 0. The lowest BCUT2D eigenvalue weighted by Gasteiger charge is -2.04. The maximum absolute atomic E-state index is 12.9. The smallest absolute Gasteiger partial charge is 0.358 e. The SMILES string of the molecule is CC(C)OC(=O)c1cn2ccc(F)cc2n1. The number of ether oxygens (including phenoxy) is 1. The largest absolute Gasteiger partial charge is 0.458 e. The predicted molar refractivity (Wildman–Crippen MR) is 55.7 cm³/mol. The summed E-state index contributed by atoms with van der Waals surface area (Å²) in [5, 5.41) is 0. The number of halogens is 1. The van der Waals surface area contributed by atoms with E-state index in [1.165, 1.54) is 24.5 Å². The lowest BCUT2D eigenvalue weighted by atomic mass is 10.4. The molecule has 0 N–H and O–H groups in total. The first kappa shape index (κ1) is 10.6. The Labute approximate surface area is 91.7 Å². The third-order valence-corrected chi connectivity index (χ3v) is 1.97. The summed E-state index contributed by atoms with van der Waals surface area (Å²) in [5.41, 5.74) is 0.565. The molecule has 2 aromatic heterocycles. The Kier molecular flexibility index (Phi) is 2.60. The van der Waals surface area contributed by atoms with E-state index < -0.39 is 5.97 Å². The van der Waals surface area contributed by atoms with Gasteiger partial charge in [-0.3, -0.25) is 0 Å². The second-order valence-corrected chi connectivity index (χ2v) is 3.69. The second-order valence-electron chi connectivity index (χ2n) is 3.69. The zero-order valence-electron chi connectivity index (χ0n) is 8.98. The average molecular weight is 222 g/mol. The molecule has 0 radical (unpaired) electrons. The number of aromatic nitrogens is 2. The average Bonchev–Trinajstić information content (AvgIpc) is 2.59. The van der Waals surface area contributed by atoms with Crippen molar-refractivity contribution < 1.29 is 13.9 Å². The number of fused-ring (bicyclic) bond motifs is 1. The van der Waals surface area contributed by atoms with Gasteiger partial charge in [0.2, 0.25) is 0 Å². The van der Waals surface area contributed by atoms with Gasteiger partial charge in [0.1, 0.15) is 11.5 Å². The highest BCUT2D eigenvalue weighted by Gasteiger charge is 2.13. The van der Waals surface area contributed by atoms with Crippen LogP contribution in [-0.4, -0.2) is 21.5 Å². The molecule has 0 aromatic carbocycles. The molecule has 0 spiro atoms. The van der Waals surface area contributed by atoms with Gasteiger partial charge in [-0.1, -0.05) is 0 Å². The van der Waals surface area contributed by atoms with Gasteiger partial charge < -0.3 is 9.14 Å². The third-order valence-electron chi connectivity index (χ3n) is 1.97. The maximum atomic E-state index is 12.9. The molecule has 2 heterocycles. The summed E-state index contributed by atoms with van der Waals surface area (Å²) in [7, 11) is 0. The Bertz CT molecular complexity index is 534. The monoisotopic (exact) mass is 222 g/mol. The van der Waals surface area contributed by atoms with E-state index in [1.54, 1.807) is 18.2 Å². The summed E-state index contributed by atoms with van der Waals surface area (Å²) in [4.78, 5) is 15.5. The van der Waals surface area contributed by atoms with Gasteiger partial charge in [0, 0.05) is 18.5 Å². The van der Waals surface area contributed by atoms with E-state index in [9.17, 15) is 9.18 Å². The van der Waals surface area contributed by atoms with E-state index >= 15 is 0 Å². The molecule has 0 unspecified atom stereocenters. The molecule has 0 aliphatic rings. The first-order valence-corrected chi connectivity index (χ1v) is 4.91. The number of esters is 1. The number of rotatable bonds is 2. The van der Waals surface area contributed by atoms with Crippen molar-refractivity contribution in [1.29, 1.82) is 0 Å². The van der Waals surface area contributed by atoms with E-state index in [0.29, 0.717) is 5.65 Å². The molecular formula is C11H11FN2O2. The van der Waals surface area contributed by atoms with Crippen molar-refractivity contribution in [3.05, 3.63) is 36.0 Å². The Morgan fingerprint density at radius 2 is 2.31 bits per heavy atom. The summed E-state index contributed by atoms with van der Waals surface area (Å²) in [6.07, 6.45) is 2.82. The molecule has 0 amide bonds. The molecule has 0 fully saturated rings. The molecule has 84 valence electrons. The van der Waals surface area contributed by atoms with Crippen LogP contribution in [0.25, 0.3) is 5.65 Å². The molecule has 0 saturated heterocycles.